The Morgan fingerprint density at radius 2 is 2.15 bits per heavy atom. The van der Waals surface area contributed by atoms with Crippen molar-refractivity contribution in [2.24, 2.45) is 0 Å². The number of aromatic nitrogens is 1. The molecule has 3 nitrogen and oxygen atoms in total. The third kappa shape index (κ3) is 3.81. The van der Waals surface area contributed by atoms with E-state index >= 15 is 0 Å². The van der Waals surface area contributed by atoms with Crippen LogP contribution in [0.25, 0.3) is 10.8 Å². The second-order valence-electron chi connectivity index (χ2n) is 4.70. The van der Waals surface area contributed by atoms with E-state index in [9.17, 15) is 0 Å². The molecule has 0 aliphatic heterocycles. The van der Waals surface area contributed by atoms with Crippen molar-refractivity contribution in [2.45, 2.75) is 26.8 Å². The maximum absolute atomic E-state index is 5.78. The van der Waals surface area contributed by atoms with Gasteiger partial charge in [-0.25, -0.2) is 4.98 Å². The highest BCUT2D eigenvalue weighted by molar-refractivity contribution is 5.87. The van der Waals surface area contributed by atoms with Crippen LogP contribution in [0.2, 0.25) is 0 Å². The predicted molar refractivity (Wildman–Crippen MR) is 84.0 cm³/mol. The first-order chi connectivity index (χ1) is 9.85. The lowest BCUT2D eigenvalue weighted by atomic mass is 10.1. The Kier molecular flexibility index (Phi) is 5.56. The zero-order valence-electron chi connectivity index (χ0n) is 12.2. The molecule has 1 aromatic carbocycles. The number of allylic oxidation sites excluding steroid dienone is 1. The Bertz CT molecular complexity index is 578. The van der Waals surface area contributed by atoms with E-state index in [0.717, 1.165) is 36.5 Å². The van der Waals surface area contributed by atoms with Crippen LogP contribution in [0.3, 0.4) is 0 Å². The highest BCUT2D eigenvalue weighted by atomic mass is 16.5. The van der Waals surface area contributed by atoms with Crippen molar-refractivity contribution >= 4 is 10.8 Å². The Hall–Kier alpha value is -1.87. The van der Waals surface area contributed by atoms with Crippen molar-refractivity contribution in [3.05, 3.63) is 48.2 Å². The molecule has 0 atom stereocenters. The van der Waals surface area contributed by atoms with Crippen molar-refractivity contribution in [2.75, 3.05) is 13.2 Å². The summed E-state index contributed by atoms with van der Waals surface area (Å²) in [5.41, 5.74) is 1.02. The van der Waals surface area contributed by atoms with Gasteiger partial charge >= 0.3 is 0 Å². The summed E-state index contributed by atoms with van der Waals surface area (Å²) in [5, 5.41) is 5.62. The van der Waals surface area contributed by atoms with Gasteiger partial charge in [0.1, 0.15) is 6.61 Å². The minimum absolute atomic E-state index is 0.555. The number of pyridine rings is 1. The van der Waals surface area contributed by atoms with Gasteiger partial charge in [0.05, 0.1) is 5.69 Å². The van der Waals surface area contributed by atoms with E-state index in [0.29, 0.717) is 6.61 Å². The molecule has 0 radical (unpaired) electrons. The van der Waals surface area contributed by atoms with Crippen LogP contribution < -0.4 is 10.1 Å². The van der Waals surface area contributed by atoms with Gasteiger partial charge in [0, 0.05) is 11.9 Å². The van der Waals surface area contributed by atoms with E-state index in [-0.39, 0.29) is 0 Å². The number of hydrogen-bond donors (Lipinski definition) is 1. The monoisotopic (exact) mass is 270 g/mol. The molecule has 1 aromatic heterocycles. The highest BCUT2D eigenvalue weighted by Gasteiger charge is 2.06. The molecule has 0 aliphatic rings. The summed E-state index contributed by atoms with van der Waals surface area (Å²) < 4.78 is 5.78. The summed E-state index contributed by atoms with van der Waals surface area (Å²) >= 11 is 0. The van der Waals surface area contributed by atoms with Crippen LogP contribution >= 0.6 is 0 Å². The standard InChI is InChI=1S/C17H22N2O/c1-3-5-11-20-17-16-9-7-6-8-14(16)12-15(19-17)13-18-10-4-2/h3,5-9,12,18H,4,10-11,13H2,1-2H3. The lowest BCUT2D eigenvalue weighted by Gasteiger charge is -2.10. The van der Waals surface area contributed by atoms with Crippen molar-refractivity contribution in [1.29, 1.82) is 0 Å². The van der Waals surface area contributed by atoms with Gasteiger partial charge < -0.3 is 10.1 Å². The molecule has 0 saturated carbocycles. The molecule has 0 bridgehead atoms. The molecular formula is C17H22N2O. The first kappa shape index (κ1) is 14.5. The van der Waals surface area contributed by atoms with Crippen LogP contribution in [0, 0.1) is 0 Å². The molecule has 1 heterocycles. The van der Waals surface area contributed by atoms with E-state index in [1.807, 2.05) is 31.2 Å². The average Bonchev–Trinajstić information content (AvgIpc) is 2.48. The Labute approximate surface area is 120 Å². The first-order valence-corrected chi connectivity index (χ1v) is 7.18. The van der Waals surface area contributed by atoms with E-state index in [1.54, 1.807) is 0 Å². The van der Waals surface area contributed by atoms with Crippen LogP contribution in [0.15, 0.2) is 42.5 Å². The molecular weight excluding hydrogens is 248 g/mol. The predicted octanol–water partition coefficient (Wildman–Crippen LogP) is 3.69. The summed E-state index contributed by atoms with van der Waals surface area (Å²) in [4.78, 5) is 4.63. The number of ether oxygens (including phenoxy) is 1. The Balaban J connectivity index is 2.26. The van der Waals surface area contributed by atoms with Crippen molar-refractivity contribution in [3.63, 3.8) is 0 Å². The molecule has 0 saturated heterocycles. The number of nitrogens with one attached hydrogen (secondary N) is 1. The maximum Gasteiger partial charge on any atom is 0.221 e. The zero-order valence-corrected chi connectivity index (χ0v) is 12.2. The summed E-state index contributed by atoms with van der Waals surface area (Å²) in [6.07, 6.45) is 5.09. The summed E-state index contributed by atoms with van der Waals surface area (Å²) in [7, 11) is 0. The molecule has 0 spiro atoms. The van der Waals surface area contributed by atoms with Crippen molar-refractivity contribution < 1.29 is 4.74 Å². The van der Waals surface area contributed by atoms with Gasteiger partial charge in [0.2, 0.25) is 5.88 Å². The molecule has 106 valence electrons. The number of hydrogen-bond acceptors (Lipinski definition) is 3. The largest absolute Gasteiger partial charge is 0.473 e. The second-order valence-corrected chi connectivity index (χ2v) is 4.70. The molecule has 0 amide bonds. The second kappa shape index (κ2) is 7.65. The van der Waals surface area contributed by atoms with Crippen LogP contribution in [-0.2, 0) is 6.54 Å². The van der Waals surface area contributed by atoms with Crippen LogP contribution in [0.1, 0.15) is 26.0 Å². The van der Waals surface area contributed by atoms with Crippen LogP contribution in [0.5, 0.6) is 5.88 Å². The Morgan fingerprint density at radius 3 is 2.95 bits per heavy atom. The molecule has 20 heavy (non-hydrogen) atoms. The third-order valence-electron chi connectivity index (χ3n) is 3.04. The fourth-order valence-electron chi connectivity index (χ4n) is 2.04. The van der Waals surface area contributed by atoms with Gasteiger partial charge in [-0.05, 0) is 37.4 Å². The van der Waals surface area contributed by atoms with Crippen LogP contribution in [-0.4, -0.2) is 18.1 Å². The van der Waals surface area contributed by atoms with E-state index < -0.39 is 0 Å². The molecule has 3 heteroatoms. The van der Waals surface area contributed by atoms with Gasteiger partial charge in [0.15, 0.2) is 0 Å². The lowest BCUT2D eigenvalue weighted by Crippen LogP contribution is -2.15. The van der Waals surface area contributed by atoms with E-state index in [2.05, 4.69) is 35.4 Å². The molecule has 0 unspecified atom stereocenters. The van der Waals surface area contributed by atoms with Gasteiger partial charge in [0.25, 0.3) is 0 Å². The van der Waals surface area contributed by atoms with Gasteiger partial charge in [-0.1, -0.05) is 37.3 Å². The normalized spacial score (nSPS) is 11.3. The van der Waals surface area contributed by atoms with Crippen LogP contribution in [0.4, 0.5) is 0 Å². The molecule has 0 aliphatic carbocycles. The first-order valence-electron chi connectivity index (χ1n) is 7.18. The van der Waals surface area contributed by atoms with Gasteiger partial charge in [-0.2, -0.15) is 0 Å². The van der Waals surface area contributed by atoms with Gasteiger partial charge in [-0.15, -0.1) is 0 Å². The quantitative estimate of drug-likeness (QED) is 0.615. The molecule has 0 fully saturated rings. The molecule has 2 rings (SSSR count). The molecule has 1 N–H and O–H groups in total. The smallest absolute Gasteiger partial charge is 0.221 e. The van der Waals surface area contributed by atoms with Crippen molar-refractivity contribution in [3.8, 4) is 5.88 Å². The summed E-state index contributed by atoms with van der Waals surface area (Å²) in [5.74, 6) is 0.717. The van der Waals surface area contributed by atoms with Gasteiger partial charge in [-0.3, -0.25) is 0 Å². The number of rotatable bonds is 7. The lowest BCUT2D eigenvalue weighted by molar-refractivity contribution is 0.351. The maximum atomic E-state index is 5.78. The molecule has 2 aromatic rings. The number of benzene rings is 1. The van der Waals surface area contributed by atoms with Crippen molar-refractivity contribution in [1.82, 2.24) is 10.3 Å². The Morgan fingerprint density at radius 1 is 1.30 bits per heavy atom. The SMILES string of the molecule is CC=CCOc1nc(CNCCC)cc2ccccc12. The zero-order chi connectivity index (χ0) is 14.2. The highest BCUT2D eigenvalue weighted by Crippen LogP contribution is 2.24. The number of fused-ring (bicyclic) bond motifs is 1. The van der Waals surface area contributed by atoms with E-state index in [4.69, 9.17) is 4.74 Å². The summed E-state index contributed by atoms with van der Waals surface area (Å²) in [6, 6.07) is 10.3. The topological polar surface area (TPSA) is 34.1 Å². The fourth-order valence-corrected chi connectivity index (χ4v) is 2.04. The minimum Gasteiger partial charge on any atom is -0.473 e. The number of nitrogens with zero attached hydrogens (tertiary/aromatic N) is 1. The minimum atomic E-state index is 0.555. The van der Waals surface area contributed by atoms with E-state index in [1.165, 1.54) is 5.39 Å². The summed E-state index contributed by atoms with van der Waals surface area (Å²) in [6.45, 7) is 6.48. The fraction of sp³-hybridized carbons (Fsp3) is 0.353. The third-order valence-corrected chi connectivity index (χ3v) is 3.04. The average molecular weight is 270 g/mol.